The number of ether oxygens (including phenoxy) is 1. The Morgan fingerprint density at radius 3 is 2.26 bits per heavy atom. The molecule has 2 nitrogen and oxygen atoms in total. The first kappa shape index (κ1) is 23.2. The van der Waals surface area contributed by atoms with E-state index in [1.54, 1.807) is 24.3 Å². The van der Waals surface area contributed by atoms with Crippen molar-refractivity contribution in [3.05, 3.63) is 71.0 Å². The van der Waals surface area contributed by atoms with Gasteiger partial charge >= 0.3 is 5.97 Å². The van der Waals surface area contributed by atoms with Crippen LogP contribution in [0.5, 0.6) is 5.75 Å². The number of carbonyl (C=O) groups is 1. The Morgan fingerprint density at radius 2 is 1.65 bits per heavy atom. The zero-order valence-corrected chi connectivity index (χ0v) is 18.9. The Bertz CT molecular complexity index is 844. The highest BCUT2D eigenvalue weighted by molar-refractivity contribution is 5.91. The van der Waals surface area contributed by atoms with E-state index in [0.717, 1.165) is 17.9 Å². The Hall–Kier alpha value is -2.42. The van der Waals surface area contributed by atoms with Gasteiger partial charge in [-0.3, -0.25) is 0 Å². The molecular formula is C28H35FO2. The average molecular weight is 423 g/mol. The maximum Gasteiger partial charge on any atom is 0.343 e. The van der Waals surface area contributed by atoms with Crippen molar-refractivity contribution in [2.24, 2.45) is 5.92 Å². The number of hydrogen-bond donors (Lipinski definition) is 0. The third-order valence-electron chi connectivity index (χ3n) is 6.33. The van der Waals surface area contributed by atoms with E-state index in [2.05, 4.69) is 19.1 Å². The van der Waals surface area contributed by atoms with E-state index in [9.17, 15) is 9.18 Å². The van der Waals surface area contributed by atoms with Crippen molar-refractivity contribution in [1.82, 2.24) is 0 Å². The number of rotatable bonds is 9. The summed E-state index contributed by atoms with van der Waals surface area (Å²) in [5, 5.41) is 0. The van der Waals surface area contributed by atoms with Gasteiger partial charge in [-0.15, -0.1) is 0 Å². The van der Waals surface area contributed by atoms with Gasteiger partial charge < -0.3 is 4.74 Å². The number of hydrogen-bond acceptors (Lipinski definition) is 2. The predicted octanol–water partition coefficient (Wildman–Crippen LogP) is 8.48. The lowest BCUT2D eigenvalue weighted by atomic mass is 9.77. The smallest absolute Gasteiger partial charge is 0.343 e. The minimum absolute atomic E-state index is 0.146. The molecule has 2 aromatic carbocycles. The number of esters is 1. The highest BCUT2D eigenvalue weighted by Crippen LogP contribution is 2.38. The van der Waals surface area contributed by atoms with E-state index in [1.165, 1.54) is 56.6 Å². The molecule has 0 aliphatic heterocycles. The predicted molar refractivity (Wildman–Crippen MR) is 126 cm³/mol. The molecule has 31 heavy (non-hydrogen) atoms. The van der Waals surface area contributed by atoms with Crippen molar-refractivity contribution in [2.45, 2.75) is 77.6 Å². The molecule has 0 atom stereocenters. The lowest BCUT2D eigenvalue weighted by molar-refractivity contribution is 0.0734. The maximum atomic E-state index is 13.6. The zero-order valence-electron chi connectivity index (χ0n) is 18.9. The summed E-state index contributed by atoms with van der Waals surface area (Å²) in [7, 11) is 0. The number of benzene rings is 2. The molecule has 3 rings (SSSR count). The monoisotopic (exact) mass is 422 g/mol. The van der Waals surface area contributed by atoms with Crippen LogP contribution in [0.3, 0.4) is 0 Å². The maximum absolute atomic E-state index is 13.6. The second-order valence-electron chi connectivity index (χ2n) is 8.78. The van der Waals surface area contributed by atoms with Crippen molar-refractivity contribution in [1.29, 1.82) is 0 Å². The zero-order chi connectivity index (χ0) is 22.1. The fourth-order valence-electron chi connectivity index (χ4n) is 4.46. The standard InChI is InChI=1S/C28H35FO2/c1-3-5-7-21-8-12-23(13-9-21)24-16-18-27(19-17-24)31-28(30)25-14-10-22(11-15-25)20-26(29)6-4-2/h10-11,14-21,23H,3-9,12-13H2,1-2H3/b26-20+. The molecule has 1 aliphatic carbocycles. The summed E-state index contributed by atoms with van der Waals surface area (Å²) in [6.45, 7) is 4.21. The Morgan fingerprint density at radius 1 is 0.968 bits per heavy atom. The van der Waals surface area contributed by atoms with Gasteiger partial charge in [0.15, 0.2) is 0 Å². The van der Waals surface area contributed by atoms with E-state index >= 15 is 0 Å². The SMILES string of the molecule is CCCCC1CCC(c2ccc(OC(=O)c3ccc(/C=C(/F)CCC)cc3)cc2)CC1. The average Bonchev–Trinajstić information content (AvgIpc) is 2.79. The summed E-state index contributed by atoms with van der Waals surface area (Å²) in [6.07, 6.45) is 11.9. The lowest BCUT2D eigenvalue weighted by Gasteiger charge is -2.28. The quantitative estimate of drug-likeness (QED) is 0.299. The molecule has 166 valence electrons. The van der Waals surface area contributed by atoms with Crippen LogP contribution < -0.4 is 4.74 Å². The van der Waals surface area contributed by atoms with Crippen LogP contribution in [0.25, 0.3) is 6.08 Å². The van der Waals surface area contributed by atoms with Gasteiger partial charge in [0.2, 0.25) is 0 Å². The van der Waals surface area contributed by atoms with E-state index in [-0.39, 0.29) is 5.83 Å². The molecule has 0 N–H and O–H groups in total. The number of allylic oxidation sites excluding steroid dienone is 1. The Labute approximate surface area is 186 Å². The molecule has 3 heteroatoms. The van der Waals surface area contributed by atoms with Crippen LogP contribution in [-0.4, -0.2) is 5.97 Å². The summed E-state index contributed by atoms with van der Waals surface area (Å²) in [5.41, 5.74) is 2.55. The minimum atomic E-state index is -0.395. The van der Waals surface area contributed by atoms with E-state index in [0.29, 0.717) is 23.7 Å². The van der Waals surface area contributed by atoms with Gasteiger partial charge in [0.1, 0.15) is 11.6 Å². The molecule has 2 aromatic rings. The van der Waals surface area contributed by atoms with Crippen molar-refractivity contribution in [3.8, 4) is 5.75 Å². The van der Waals surface area contributed by atoms with Crippen LogP contribution in [0.15, 0.2) is 54.4 Å². The molecule has 1 saturated carbocycles. The molecule has 0 bridgehead atoms. The second-order valence-corrected chi connectivity index (χ2v) is 8.78. The van der Waals surface area contributed by atoms with Crippen LogP contribution in [0.1, 0.15) is 99.0 Å². The molecule has 0 spiro atoms. The van der Waals surface area contributed by atoms with Crippen molar-refractivity contribution in [3.63, 3.8) is 0 Å². The van der Waals surface area contributed by atoms with Crippen LogP contribution in [-0.2, 0) is 0 Å². The van der Waals surface area contributed by atoms with E-state index < -0.39 is 5.97 Å². The topological polar surface area (TPSA) is 26.3 Å². The van der Waals surface area contributed by atoms with Gasteiger partial charge in [-0.1, -0.05) is 57.4 Å². The largest absolute Gasteiger partial charge is 0.423 e. The molecule has 0 amide bonds. The van der Waals surface area contributed by atoms with Gasteiger partial charge in [-0.25, -0.2) is 9.18 Å². The summed E-state index contributed by atoms with van der Waals surface area (Å²) >= 11 is 0. The van der Waals surface area contributed by atoms with E-state index in [1.807, 2.05) is 19.1 Å². The molecule has 0 saturated heterocycles. The van der Waals surface area contributed by atoms with Gasteiger partial charge in [0.05, 0.1) is 5.56 Å². The van der Waals surface area contributed by atoms with Gasteiger partial charge in [0, 0.05) is 0 Å². The third-order valence-corrected chi connectivity index (χ3v) is 6.33. The first-order valence-electron chi connectivity index (χ1n) is 11.9. The highest BCUT2D eigenvalue weighted by Gasteiger charge is 2.22. The van der Waals surface area contributed by atoms with Crippen molar-refractivity contribution in [2.75, 3.05) is 0 Å². The normalized spacial score (nSPS) is 19.3. The summed E-state index contributed by atoms with van der Waals surface area (Å²) in [6, 6.07) is 14.8. The summed E-state index contributed by atoms with van der Waals surface area (Å²) in [4.78, 5) is 12.4. The molecule has 1 fully saturated rings. The van der Waals surface area contributed by atoms with Crippen molar-refractivity contribution < 1.29 is 13.9 Å². The molecular weight excluding hydrogens is 387 g/mol. The summed E-state index contributed by atoms with van der Waals surface area (Å²) in [5.74, 6) is 1.54. The molecule has 0 heterocycles. The van der Waals surface area contributed by atoms with E-state index in [4.69, 9.17) is 4.74 Å². The molecule has 0 unspecified atom stereocenters. The van der Waals surface area contributed by atoms with Gasteiger partial charge in [-0.2, -0.15) is 0 Å². The van der Waals surface area contributed by atoms with Crippen molar-refractivity contribution >= 4 is 12.0 Å². The molecule has 1 aliphatic rings. The van der Waals surface area contributed by atoms with Crippen LogP contribution in [0, 0.1) is 5.92 Å². The number of carbonyl (C=O) groups excluding carboxylic acids is 1. The Kier molecular flexibility index (Phi) is 8.87. The van der Waals surface area contributed by atoms with Crippen LogP contribution >= 0.6 is 0 Å². The molecule has 0 aromatic heterocycles. The fourth-order valence-corrected chi connectivity index (χ4v) is 4.46. The van der Waals surface area contributed by atoms with Crippen LogP contribution in [0.4, 0.5) is 4.39 Å². The fraction of sp³-hybridized carbons (Fsp3) is 0.464. The highest BCUT2D eigenvalue weighted by atomic mass is 19.1. The van der Waals surface area contributed by atoms with Gasteiger partial charge in [-0.05, 0) is 91.8 Å². The minimum Gasteiger partial charge on any atom is -0.423 e. The van der Waals surface area contributed by atoms with Gasteiger partial charge in [0.25, 0.3) is 0 Å². The van der Waals surface area contributed by atoms with Crippen LogP contribution in [0.2, 0.25) is 0 Å². The first-order valence-corrected chi connectivity index (χ1v) is 11.9. The number of halogens is 1. The summed E-state index contributed by atoms with van der Waals surface area (Å²) < 4.78 is 19.2. The second kappa shape index (κ2) is 11.8. The Balaban J connectivity index is 1.53. The lowest BCUT2D eigenvalue weighted by Crippen LogP contribution is -2.13. The molecule has 0 radical (unpaired) electrons. The number of unbranched alkanes of at least 4 members (excludes halogenated alkanes) is 1. The first-order chi connectivity index (χ1) is 15.1. The third kappa shape index (κ3) is 7.05.